The molecular formula is C21H26N4O4S. The van der Waals surface area contributed by atoms with Crippen molar-refractivity contribution in [3.63, 3.8) is 0 Å². The summed E-state index contributed by atoms with van der Waals surface area (Å²) in [6.07, 6.45) is 1.46. The van der Waals surface area contributed by atoms with Gasteiger partial charge in [0.15, 0.2) is 21.3 Å². The second-order valence-electron chi connectivity index (χ2n) is 6.84. The van der Waals surface area contributed by atoms with E-state index in [1.54, 1.807) is 25.1 Å². The number of fused-ring (bicyclic) bond motifs is 2. The van der Waals surface area contributed by atoms with E-state index in [4.69, 9.17) is 9.47 Å². The molecule has 1 N–H and O–H groups in total. The molecule has 2 heterocycles. The van der Waals surface area contributed by atoms with Crippen LogP contribution in [0.3, 0.4) is 0 Å². The summed E-state index contributed by atoms with van der Waals surface area (Å²) in [6.45, 7) is 2.61. The molecule has 160 valence electrons. The maximum Gasteiger partial charge on any atom is 0.178 e. The predicted molar refractivity (Wildman–Crippen MR) is 119 cm³/mol. The topological polar surface area (TPSA) is 93.7 Å². The first-order chi connectivity index (χ1) is 13.9. The Bertz CT molecular complexity index is 1180. The molecule has 0 saturated carbocycles. The third-order valence-corrected chi connectivity index (χ3v) is 6.47. The van der Waals surface area contributed by atoms with Crippen LogP contribution in [0.5, 0.6) is 11.5 Å². The molecule has 0 amide bonds. The van der Waals surface area contributed by atoms with Gasteiger partial charge in [0.25, 0.3) is 0 Å². The van der Waals surface area contributed by atoms with Crippen LogP contribution < -0.4 is 19.7 Å². The lowest BCUT2D eigenvalue weighted by Gasteiger charge is -2.21. The monoisotopic (exact) mass is 430 g/mol. The van der Waals surface area contributed by atoms with Crippen molar-refractivity contribution in [2.45, 2.75) is 19.2 Å². The Morgan fingerprint density at radius 1 is 1.07 bits per heavy atom. The van der Waals surface area contributed by atoms with Gasteiger partial charge in [0, 0.05) is 25.5 Å². The van der Waals surface area contributed by atoms with Crippen molar-refractivity contribution in [2.24, 2.45) is 0 Å². The van der Waals surface area contributed by atoms with E-state index < -0.39 is 9.84 Å². The number of aromatic nitrogens is 2. The Hall–Kier alpha value is -3.07. The Morgan fingerprint density at radius 2 is 1.77 bits per heavy atom. The van der Waals surface area contributed by atoms with Crippen molar-refractivity contribution in [1.82, 2.24) is 9.97 Å². The molecule has 8 nitrogen and oxygen atoms in total. The van der Waals surface area contributed by atoms with Gasteiger partial charge >= 0.3 is 0 Å². The summed E-state index contributed by atoms with van der Waals surface area (Å²) < 4.78 is 36.0. The summed E-state index contributed by atoms with van der Waals surface area (Å²) in [4.78, 5) is 10.9. The lowest BCUT2D eigenvalue weighted by Crippen LogP contribution is -2.15. The molecule has 1 aliphatic heterocycles. The number of hydrogen-bond donors (Lipinski definition) is 1. The second-order valence-corrected chi connectivity index (χ2v) is 9.12. The Morgan fingerprint density at radius 3 is 2.43 bits per heavy atom. The fourth-order valence-corrected chi connectivity index (χ4v) is 4.09. The van der Waals surface area contributed by atoms with Crippen molar-refractivity contribution >= 4 is 37.9 Å². The van der Waals surface area contributed by atoms with Crippen molar-refractivity contribution < 1.29 is 17.9 Å². The highest BCUT2D eigenvalue weighted by atomic mass is 32.2. The van der Waals surface area contributed by atoms with Gasteiger partial charge in [-0.1, -0.05) is 14.4 Å². The molecule has 30 heavy (non-hydrogen) atoms. The molecule has 0 radical (unpaired) electrons. The van der Waals surface area contributed by atoms with Gasteiger partial charge in [0.1, 0.15) is 25.4 Å². The minimum absolute atomic E-state index is 0. The third kappa shape index (κ3) is 3.97. The van der Waals surface area contributed by atoms with Crippen molar-refractivity contribution in [2.75, 3.05) is 43.3 Å². The van der Waals surface area contributed by atoms with Crippen LogP contribution >= 0.6 is 0 Å². The van der Waals surface area contributed by atoms with E-state index in [-0.39, 0.29) is 18.1 Å². The van der Waals surface area contributed by atoms with Gasteiger partial charge in [-0.3, -0.25) is 0 Å². The molecular weight excluding hydrogens is 404 g/mol. The van der Waals surface area contributed by atoms with E-state index in [0.29, 0.717) is 41.7 Å². The van der Waals surface area contributed by atoms with E-state index in [0.717, 1.165) is 11.1 Å². The lowest BCUT2D eigenvalue weighted by atomic mass is 10.2. The number of anilines is 3. The molecule has 3 aromatic rings. The van der Waals surface area contributed by atoms with E-state index in [1.165, 1.54) is 6.33 Å². The largest absolute Gasteiger partial charge is 0.486 e. The second kappa shape index (κ2) is 8.35. The minimum Gasteiger partial charge on any atom is -0.486 e. The highest BCUT2D eigenvalue weighted by molar-refractivity contribution is 7.91. The molecule has 2 aromatic carbocycles. The molecule has 4 rings (SSSR count). The molecule has 0 atom stereocenters. The number of nitrogens with zero attached hydrogens (tertiary/aromatic N) is 3. The van der Waals surface area contributed by atoms with Crippen LogP contribution in [0.4, 0.5) is 17.2 Å². The molecule has 0 bridgehead atoms. The van der Waals surface area contributed by atoms with Crippen LogP contribution in [0.25, 0.3) is 10.9 Å². The van der Waals surface area contributed by atoms with Crippen LogP contribution in [-0.2, 0) is 9.84 Å². The zero-order chi connectivity index (χ0) is 20.6. The van der Waals surface area contributed by atoms with Crippen molar-refractivity contribution in [1.29, 1.82) is 0 Å². The van der Waals surface area contributed by atoms with Crippen LogP contribution in [0.2, 0.25) is 0 Å². The van der Waals surface area contributed by atoms with E-state index in [9.17, 15) is 8.42 Å². The maximum absolute atomic E-state index is 12.4. The van der Waals surface area contributed by atoms with Crippen LogP contribution in [0, 0.1) is 0 Å². The normalized spacial score (nSPS) is 12.9. The Labute approximate surface area is 176 Å². The summed E-state index contributed by atoms with van der Waals surface area (Å²) >= 11 is 0. The average Bonchev–Trinajstić information content (AvgIpc) is 2.72. The zero-order valence-electron chi connectivity index (χ0n) is 16.5. The van der Waals surface area contributed by atoms with Crippen molar-refractivity contribution in [3.8, 4) is 11.5 Å². The molecule has 1 aromatic heterocycles. The molecule has 9 heteroatoms. The molecule has 1 aliphatic rings. The first kappa shape index (κ1) is 21.6. The van der Waals surface area contributed by atoms with E-state index >= 15 is 0 Å². The number of rotatable bonds is 5. The maximum atomic E-state index is 12.4. The molecule has 0 unspecified atom stereocenters. The summed E-state index contributed by atoms with van der Waals surface area (Å²) in [5.41, 5.74) is 2.18. The van der Waals surface area contributed by atoms with Crippen LogP contribution in [0.15, 0.2) is 41.6 Å². The summed E-state index contributed by atoms with van der Waals surface area (Å²) in [7, 11) is 0.456. The van der Waals surface area contributed by atoms with Gasteiger partial charge < -0.3 is 19.7 Å². The van der Waals surface area contributed by atoms with Gasteiger partial charge in [-0.15, -0.1) is 0 Å². The fraction of sp³-hybridized carbons (Fsp3) is 0.333. The van der Waals surface area contributed by atoms with E-state index in [2.05, 4.69) is 15.3 Å². The predicted octanol–water partition coefficient (Wildman–Crippen LogP) is 3.64. The van der Waals surface area contributed by atoms with Gasteiger partial charge in [0.05, 0.1) is 27.5 Å². The first-order valence-corrected chi connectivity index (χ1v) is 10.9. The Balaban J connectivity index is 0.00000256. The van der Waals surface area contributed by atoms with Gasteiger partial charge in [-0.25, -0.2) is 18.4 Å². The average molecular weight is 431 g/mol. The molecule has 0 saturated heterocycles. The molecule has 0 spiro atoms. The van der Waals surface area contributed by atoms with Crippen molar-refractivity contribution in [3.05, 3.63) is 36.7 Å². The van der Waals surface area contributed by atoms with Crippen LogP contribution in [0.1, 0.15) is 14.4 Å². The third-order valence-electron chi connectivity index (χ3n) is 4.74. The highest BCUT2D eigenvalue weighted by Crippen LogP contribution is 2.37. The first-order valence-electron chi connectivity index (χ1n) is 9.24. The number of benzene rings is 2. The van der Waals surface area contributed by atoms with Gasteiger partial charge in [-0.2, -0.15) is 0 Å². The minimum atomic E-state index is -3.34. The fourth-order valence-electron chi connectivity index (χ4n) is 3.19. The van der Waals surface area contributed by atoms with Gasteiger partial charge in [-0.05, 0) is 24.3 Å². The Kier molecular flexibility index (Phi) is 6.02. The lowest BCUT2D eigenvalue weighted by molar-refractivity contribution is 0.172. The zero-order valence-corrected chi connectivity index (χ0v) is 17.3. The molecule has 0 fully saturated rings. The van der Waals surface area contributed by atoms with Crippen LogP contribution in [-0.4, -0.2) is 51.4 Å². The highest BCUT2D eigenvalue weighted by Gasteiger charge is 2.18. The number of hydrogen-bond acceptors (Lipinski definition) is 8. The quantitative estimate of drug-likeness (QED) is 0.656. The summed E-state index contributed by atoms with van der Waals surface area (Å²) in [5, 5.41) is 4.04. The van der Waals surface area contributed by atoms with E-state index in [1.807, 2.05) is 31.1 Å². The SMILES string of the molecule is C.CCS(=O)(=O)c1ccc(N(C)C)c(Nc2ncnc3cc4c(cc23)OCCO4)c1. The summed E-state index contributed by atoms with van der Waals surface area (Å²) in [5.74, 6) is 1.88. The molecule has 0 aliphatic carbocycles. The standard InChI is InChI=1S/C20H22N4O4S.CH4/c1-4-29(25,26)13-5-6-17(24(2)3)16(9-13)23-20-14-10-18-19(28-8-7-27-18)11-15(14)21-12-22-20;/h5-6,9-12H,4,7-8H2,1-3H3,(H,21,22,23);1H4. The van der Waals surface area contributed by atoms with Gasteiger partial charge in [0.2, 0.25) is 0 Å². The summed E-state index contributed by atoms with van der Waals surface area (Å²) in [6, 6.07) is 8.71. The number of sulfone groups is 1. The smallest absolute Gasteiger partial charge is 0.178 e. The number of ether oxygens (including phenoxy) is 2. The number of nitrogens with one attached hydrogen (secondary N) is 1.